The molecule has 3 nitrogen and oxygen atoms in total. The van der Waals surface area contributed by atoms with Crippen molar-refractivity contribution in [3.63, 3.8) is 0 Å². The summed E-state index contributed by atoms with van der Waals surface area (Å²) in [4.78, 5) is 11.8. The number of rotatable bonds is 6. The second-order valence-corrected chi connectivity index (χ2v) is 5.06. The molecule has 0 saturated carbocycles. The molecule has 3 heteroatoms. The Hall–Kier alpha value is -1.35. The van der Waals surface area contributed by atoms with Gasteiger partial charge in [0.25, 0.3) is 0 Å². The van der Waals surface area contributed by atoms with Crippen LogP contribution in [-0.2, 0) is 11.2 Å². The number of unbranched alkanes of at least 4 members (excludes halogenated alkanes) is 1. The number of aryl methyl sites for hydroxylation is 1. The van der Waals surface area contributed by atoms with Crippen LogP contribution in [0, 0.1) is 5.92 Å². The molecule has 0 bridgehead atoms. The van der Waals surface area contributed by atoms with Crippen molar-refractivity contribution in [1.82, 2.24) is 0 Å². The highest BCUT2D eigenvalue weighted by molar-refractivity contribution is 5.94. The number of benzene rings is 1. The smallest absolute Gasteiger partial charge is 0.241 e. The fourth-order valence-corrected chi connectivity index (χ4v) is 1.66. The number of anilines is 1. The molecule has 0 aromatic heterocycles. The first-order valence-corrected chi connectivity index (χ1v) is 6.70. The Morgan fingerprint density at radius 1 is 1.28 bits per heavy atom. The van der Waals surface area contributed by atoms with Crippen molar-refractivity contribution in [2.75, 3.05) is 5.32 Å². The highest BCUT2D eigenvalue weighted by atomic mass is 16.2. The fraction of sp³-hybridized carbons (Fsp3) is 0.533. The van der Waals surface area contributed by atoms with Gasteiger partial charge in [-0.2, -0.15) is 0 Å². The molecule has 0 aliphatic rings. The van der Waals surface area contributed by atoms with Crippen LogP contribution in [0.4, 0.5) is 5.69 Å². The minimum Gasteiger partial charge on any atom is -0.325 e. The van der Waals surface area contributed by atoms with E-state index in [1.165, 1.54) is 18.4 Å². The predicted octanol–water partition coefficient (Wildman–Crippen LogP) is 2.95. The molecule has 0 heterocycles. The second kappa shape index (κ2) is 7.17. The van der Waals surface area contributed by atoms with E-state index in [0.29, 0.717) is 0 Å². The number of hydrogen-bond acceptors (Lipinski definition) is 2. The molecule has 1 rings (SSSR count). The zero-order valence-corrected chi connectivity index (χ0v) is 11.6. The van der Waals surface area contributed by atoms with Crippen molar-refractivity contribution in [2.45, 2.75) is 46.1 Å². The monoisotopic (exact) mass is 248 g/mol. The van der Waals surface area contributed by atoms with Crippen LogP contribution in [-0.4, -0.2) is 11.9 Å². The normalized spacial score (nSPS) is 12.5. The maximum atomic E-state index is 11.8. The zero-order valence-electron chi connectivity index (χ0n) is 11.6. The summed E-state index contributed by atoms with van der Waals surface area (Å²) in [5.41, 5.74) is 7.92. The average molecular weight is 248 g/mol. The molecular formula is C15H24N2O. The summed E-state index contributed by atoms with van der Waals surface area (Å²) in [6, 6.07) is 7.55. The lowest BCUT2D eigenvalue weighted by molar-refractivity contribution is -0.118. The van der Waals surface area contributed by atoms with E-state index in [1.807, 2.05) is 26.0 Å². The van der Waals surface area contributed by atoms with Crippen LogP contribution in [0.1, 0.15) is 39.2 Å². The van der Waals surface area contributed by atoms with Gasteiger partial charge in [-0.25, -0.2) is 0 Å². The minimum atomic E-state index is -0.454. The summed E-state index contributed by atoms with van der Waals surface area (Å²) in [6.07, 6.45) is 3.49. The molecule has 0 unspecified atom stereocenters. The summed E-state index contributed by atoms with van der Waals surface area (Å²) >= 11 is 0. The van der Waals surface area contributed by atoms with E-state index in [0.717, 1.165) is 12.1 Å². The molecule has 0 spiro atoms. The van der Waals surface area contributed by atoms with E-state index in [4.69, 9.17) is 5.73 Å². The minimum absolute atomic E-state index is 0.119. The van der Waals surface area contributed by atoms with Crippen LogP contribution < -0.4 is 11.1 Å². The Kier molecular flexibility index (Phi) is 5.86. The summed E-state index contributed by atoms with van der Waals surface area (Å²) in [6.45, 7) is 6.07. The molecule has 1 atom stereocenters. The molecule has 0 aliphatic carbocycles. The zero-order chi connectivity index (χ0) is 13.5. The number of carbonyl (C=O) groups excluding carboxylic acids is 1. The van der Waals surface area contributed by atoms with Crippen LogP contribution in [0.25, 0.3) is 0 Å². The van der Waals surface area contributed by atoms with Gasteiger partial charge in [0.1, 0.15) is 0 Å². The van der Waals surface area contributed by atoms with Crippen LogP contribution in [0.15, 0.2) is 24.3 Å². The van der Waals surface area contributed by atoms with Gasteiger partial charge in [0.2, 0.25) is 5.91 Å². The molecule has 0 aliphatic heterocycles. The third-order valence-electron chi connectivity index (χ3n) is 3.06. The molecule has 1 aromatic rings. The number of hydrogen-bond donors (Lipinski definition) is 2. The van der Waals surface area contributed by atoms with Gasteiger partial charge in [-0.1, -0.05) is 39.3 Å². The highest BCUT2D eigenvalue weighted by Crippen LogP contribution is 2.12. The quantitative estimate of drug-likeness (QED) is 0.813. The first-order valence-electron chi connectivity index (χ1n) is 6.70. The molecule has 0 radical (unpaired) electrons. The SMILES string of the molecule is CCCCc1ccc(NC(=O)[C@@H](N)C(C)C)cc1. The van der Waals surface area contributed by atoms with E-state index >= 15 is 0 Å². The Bertz CT molecular complexity index is 371. The van der Waals surface area contributed by atoms with Gasteiger partial charge < -0.3 is 11.1 Å². The fourth-order valence-electron chi connectivity index (χ4n) is 1.66. The molecule has 18 heavy (non-hydrogen) atoms. The Morgan fingerprint density at radius 2 is 1.89 bits per heavy atom. The van der Waals surface area contributed by atoms with Crippen molar-refractivity contribution in [2.24, 2.45) is 11.7 Å². The average Bonchev–Trinajstić information content (AvgIpc) is 2.36. The molecule has 0 saturated heterocycles. The molecule has 3 N–H and O–H groups in total. The summed E-state index contributed by atoms with van der Waals surface area (Å²) in [5.74, 6) is 0.0279. The first-order chi connectivity index (χ1) is 8.54. The van der Waals surface area contributed by atoms with Gasteiger partial charge in [0.05, 0.1) is 6.04 Å². The van der Waals surface area contributed by atoms with Crippen molar-refractivity contribution >= 4 is 11.6 Å². The van der Waals surface area contributed by atoms with E-state index in [2.05, 4.69) is 24.4 Å². The topological polar surface area (TPSA) is 55.1 Å². The molecule has 100 valence electrons. The number of carbonyl (C=O) groups is 1. The van der Waals surface area contributed by atoms with Gasteiger partial charge in [-0.05, 0) is 36.5 Å². The maximum absolute atomic E-state index is 11.8. The highest BCUT2D eigenvalue weighted by Gasteiger charge is 2.16. The van der Waals surface area contributed by atoms with Crippen molar-refractivity contribution in [3.8, 4) is 0 Å². The van der Waals surface area contributed by atoms with E-state index in [-0.39, 0.29) is 11.8 Å². The largest absolute Gasteiger partial charge is 0.325 e. The standard InChI is InChI=1S/C15H24N2O/c1-4-5-6-12-7-9-13(10-8-12)17-15(18)14(16)11(2)3/h7-11,14H,4-6,16H2,1-3H3,(H,17,18)/t14-/m0/s1. The first kappa shape index (κ1) is 14.7. The van der Waals surface area contributed by atoms with Crippen LogP contribution in [0.2, 0.25) is 0 Å². The van der Waals surface area contributed by atoms with Crippen LogP contribution in [0.3, 0.4) is 0 Å². The number of nitrogens with two attached hydrogens (primary N) is 1. The second-order valence-electron chi connectivity index (χ2n) is 5.06. The van der Waals surface area contributed by atoms with Gasteiger partial charge in [-0.15, -0.1) is 0 Å². The van der Waals surface area contributed by atoms with Crippen molar-refractivity contribution < 1.29 is 4.79 Å². The molecule has 1 aromatic carbocycles. The third kappa shape index (κ3) is 4.49. The number of amides is 1. The lowest BCUT2D eigenvalue weighted by atomic mass is 10.0. The van der Waals surface area contributed by atoms with Crippen LogP contribution in [0.5, 0.6) is 0 Å². The van der Waals surface area contributed by atoms with Gasteiger partial charge >= 0.3 is 0 Å². The molecule has 1 amide bonds. The Labute approximate surface area is 110 Å². The van der Waals surface area contributed by atoms with Gasteiger partial charge in [-0.3, -0.25) is 4.79 Å². The maximum Gasteiger partial charge on any atom is 0.241 e. The van der Waals surface area contributed by atoms with Gasteiger partial charge in [0.15, 0.2) is 0 Å². The van der Waals surface area contributed by atoms with E-state index in [9.17, 15) is 4.79 Å². The lowest BCUT2D eigenvalue weighted by Gasteiger charge is -2.15. The van der Waals surface area contributed by atoms with Crippen molar-refractivity contribution in [1.29, 1.82) is 0 Å². The number of nitrogens with one attached hydrogen (secondary N) is 1. The van der Waals surface area contributed by atoms with Gasteiger partial charge in [0, 0.05) is 5.69 Å². The Morgan fingerprint density at radius 3 is 2.39 bits per heavy atom. The van der Waals surface area contributed by atoms with E-state index in [1.54, 1.807) is 0 Å². The van der Waals surface area contributed by atoms with Crippen molar-refractivity contribution in [3.05, 3.63) is 29.8 Å². The molecule has 0 fully saturated rings. The lowest BCUT2D eigenvalue weighted by Crippen LogP contribution is -2.39. The Balaban J connectivity index is 2.55. The van der Waals surface area contributed by atoms with Crippen LogP contribution >= 0.6 is 0 Å². The summed E-state index contributed by atoms with van der Waals surface area (Å²) in [7, 11) is 0. The van der Waals surface area contributed by atoms with E-state index < -0.39 is 6.04 Å². The third-order valence-corrected chi connectivity index (χ3v) is 3.06. The summed E-state index contributed by atoms with van der Waals surface area (Å²) < 4.78 is 0. The summed E-state index contributed by atoms with van der Waals surface area (Å²) in [5, 5.41) is 2.84. The molecular weight excluding hydrogens is 224 g/mol. The predicted molar refractivity (Wildman–Crippen MR) is 76.5 cm³/mol.